The van der Waals surface area contributed by atoms with Crippen LogP contribution in [0.1, 0.15) is 6.42 Å². The first kappa shape index (κ1) is 13.2. The molecule has 0 fully saturated rings. The Bertz CT molecular complexity index is 565. The molecule has 1 heterocycles. The molecule has 100 valence electrons. The van der Waals surface area contributed by atoms with Crippen molar-refractivity contribution in [1.29, 1.82) is 0 Å². The molecule has 7 heteroatoms. The van der Waals surface area contributed by atoms with Gasteiger partial charge in [0.15, 0.2) is 5.82 Å². The van der Waals surface area contributed by atoms with Gasteiger partial charge in [-0.05, 0) is 29.6 Å². The first-order valence-corrected chi connectivity index (χ1v) is 5.98. The van der Waals surface area contributed by atoms with Crippen LogP contribution in [0, 0.1) is 0 Å². The fraction of sp³-hybridized carbons (Fsp3) is 0.333. The highest BCUT2D eigenvalue weighted by Gasteiger charge is 2.07. The number of carbonyl (C=O) groups excluding carboxylic acids is 1. The summed E-state index contributed by atoms with van der Waals surface area (Å²) in [6, 6.07) is 7.44. The Hall–Kier alpha value is -2.28. The van der Waals surface area contributed by atoms with Gasteiger partial charge < -0.3 is 10.6 Å². The van der Waals surface area contributed by atoms with Gasteiger partial charge in [-0.2, -0.15) is 0 Å². The summed E-state index contributed by atoms with van der Waals surface area (Å²) >= 11 is 0. The maximum absolute atomic E-state index is 11.6. The zero-order valence-electron chi connectivity index (χ0n) is 10.9. The summed E-state index contributed by atoms with van der Waals surface area (Å²) in [7, 11) is 3.59. The first-order chi connectivity index (χ1) is 9.20. The molecule has 19 heavy (non-hydrogen) atoms. The second-order valence-electron chi connectivity index (χ2n) is 4.11. The molecular weight excluding hydrogens is 244 g/mol. The van der Waals surface area contributed by atoms with Crippen LogP contribution in [0.2, 0.25) is 0 Å². The van der Waals surface area contributed by atoms with Gasteiger partial charge in [0.05, 0.1) is 0 Å². The van der Waals surface area contributed by atoms with Crippen molar-refractivity contribution in [2.45, 2.75) is 6.42 Å². The number of tetrazole rings is 1. The van der Waals surface area contributed by atoms with E-state index in [1.165, 1.54) is 0 Å². The molecule has 0 spiro atoms. The van der Waals surface area contributed by atoms with Gasteiger partial charge >= 0.3 is 0 Å². The fourth-order valence-corrected chi connectivity index (χ4v) is 1.67. The quantitative estimate of drug-likeness (QED) is 0.814. The van der Waals surface area contributed by atoms with Gasteiger partial charge in [-0.3, -0.25) is 4.79 Å². The van der Waals surface area contributed by atoms with Crippen LogP contribution >= 0.6 is 0 Å². The SMILES string of the molecule is CNCCC(=O)Nc1cccc(-c2nnnn2C)c1. The minimum absolute atomic E-state index is 0.0254. The predicted octanol–water partition coefficient (Wildman–Crippen LogP) is 0.425. The Morgan fingerprint density at radius 1 is 1.42 bits per heavy atom. The zero-order valence-corrected chi connectivity index (χ0v) is 10.9. The minimum atomic E-state index is -0.0254. The molecule has 0 radical (unpaired) electrons. The Morgan fingerprint density at radius 2 is 2.26 bits per heavy atom. The van der Waals surface area contributed by atoms with E-state index in [1.54, 1.807) is 11.7 Å². The number of carbonyl (C=O) groups is 1. The smallest absolute Gasteiger partial charge is 0.225 e. The average molecular weight is 260 g/mol. The topological polar surface area (TPSA) is 84.7 Å². The third-order valence-corrected chi connectivity index (χ3v) is 2.63. The molecule has 2 N–H and O–H groups in total. The van der Waals surface area contributed by atoms with Crippen LogP contribution in [0.15, 0.2) is 24.3 Å². The lowest BCUT2D eigenvalue weighted by Crippen LogP contribution is -2.18. The predicted molar refractivity (Wildman–Crippen MR) is 71.4 cm³/mol. The van der Waals surface area contributed by atoms with Crippen molar-refractivity contribution >= 4 is 11.6 Å². The molecule has 1 aromatic carbocycles. The van der Waals surface area contributed by atoms with E-state index in [4.69, 9.17) is 0 Å². The molecule has 2 aromatic rings. The molecule has 1 aromatic heterocycles. The number of aromatic nitrogens is 4. The molecular formula is C12H16N6O. The summed E-state index contributed by atoms with van der Waals surface area (Å²) in [5.74, 6) is 0.633. The van der Waals surface area contributed by atoms with Gasteiger partial charge in [0.25, 0.3) is 0 Å². The second-order valence-corrected chi connectivity index (χ2v) is 4.11. The zero-order chi connectivity index (χ0) is 13.7. The lowest BCUT2D eigenvalue weighted by atomic mass is 10.2. The number of aryl methyl sites for hydroxylation is 1. The number of nitrogens with one attached hydrogen (secondary N) is 2. The van der Waals surface area contributed by atoms with Gasteiger partial charge in [0.2, 0.25) is 5.91 Å². The molecule has 2 rings (SSSR count). The lowest BCUT2D eigenvalue weighted by Gasteiger charge is -2.06. The van der Waals surface area contributed by atoms with Crippen molar-refractivity contribution in [2.24, 2.45) is 7.05 Å². The van der Waals surface area contributed by atoms with E-state index >= 15 is 0 Å². The Labute approximate surface area is 111 Å². The van der Waals surface area contributed by atoms with Gasteiger partial charge in [0, 0.05) is 31.3 Å². The van der Waals surface area contributed by atoms with Gasteiger partial charge in [0.1, 0.15) is 0 Å². The number of hydrogen-bond acceptors (Lipinski definition) is 5. The Kier molecular flexibility index (Phi) is 4.19. The molecule has 0 aliphatic rings. The maximum atomic E-state index is 11.6. The highest BCUT2D eigenvalue weighted by Crippen LogP contribution is 2.19. The maximum Gasteiger partial charge on any atom is 0.225 e. The van der Waals surface area contributed by atoms with E-state index in [-0.39, 0.29) is 5.91 Å². The van der Waals surface area contributed by atoms with Crippen LogP contribution < -0.4 is 10.6 Å². The summed E-state index contributed by atoms with van der Waals surface area (Å²) in [6.07, 6.45) is 0.437. The van der Waals surface area contributed by atoms with E-state index in [0.29, 0.717) is 18.8 Å². The molecule has 0 aliphatic carbocycles. The van der Waals surface area contributed by atoms with Crippen LogP contribution in [0.4, 0.5) is 5.69 Å². The summed E-state index contributed by atoms with van der Waals surface area (Å²) in [5, 5.41) is 17.1. The average Bonchev–Trinajstić information content (AvgIpc) is 2.83. The van der Waals surface area contributed by atoms with Gasteiger partial charge in [-0.15, -0.1) is 5.10 Å². The lowest BCUT2D eigenvalue weighted by molar-refractivity contribution is -0.116. The number of rotatable bonds is 5. The van der Waals surface area contributed by atoms with Crippen molar-refractivity contribution in [3.8, 4) is 11.4 Å². The minimum Gasteiger partial charge on any atom is -0.326 e. The van der Waals surface area contributed by atoms with Gasteiger partial charge in [-0.25, -0.2) is 4.68 Å². The highest BCUT2D eigenvalue weighted by atomic mass is 16.1. The molecule has 0 saturated carbocycles. The first-order valence-electron chi connectivity index (χ1n) is 5.98. The second kappa shape index (κ2) is 6.05. The van der Waals surface area contributed by atoms with Crippen molar-refractivity contribution in [3.63, 3.8) is 0 Å². The van der Waals surface area contributed by atoms with Crippen molar-refractivity contribution < 1.29 is 4.79 Å². The number of anilines is 1. The van der Waals surface area contributed by atoms with Gasteiger partial charge in [-0.1, -0.05) is 12.1 Å². The molecule has 1 amide bonds. The largest absolute Gasteiger partial charge is 0.326 e. The molecule has 0 atom stereocenters. The van der Waals surface area contributed by atoms with Crippen LogP contribution in [0.5, 0.6) is 0 Å². The summed E-state index contributed by atoms with van der Waals surface area (Å²) in [6.45, 7) is 0.652. The Morgan fingerprint density at radius 3 is 2.95 bits per heavy atom. The summed E-state index contributed by atoms with van der Waals surface area (Å²) in [5.41, 5.74) is 1.60. The van der Waals surface area contributed by atoms with E-state index < -0.39 is 0 Å². The van der Waals surface area contributed by atoms with Crippen LogP contribution in [-0.2, 0) is 11.8 Å². The van der Waals surface area contributed by atoms with Crippen molar-refractivity contribution in [1.82, 2.24) is 25.5 Å². The molecule has 0 unspecified atom stereocenters. The highest BCUT2D eigenvalue weighted by molar-refractivity contribution is 5.91. The normalized spacial score (nSPS) is 10.4. The third kappa shape index (κ3) is 3.35. The van der Waals surface area contributed by atoms with Crippen LogP contribution in [-0.4, -0.2) is 39.7 Å². The van der Waals surface area contributed by atoms with Crippen molar-refractivity contribution in [2.75, 3.05) is 18.9 Å². The monoisotopic (exact) mass is 260 g/mol. The molecule has 7 nitrogen and oxygen atoms in total. The number of benzene rings is 1. The van der Waals surface area contributed by atoms with E-state index in [9.17, 15) is 4.79 Å². The molecule has 0 aliphatic heterocycles. The van der Waals surface area contributed by atoms with E-state index in [2.05, 4.69) is 26.2 Å². The van der Waals surface area contributed by atoms with E-state index in [0.717, 1.165) is 11.3 Å². The number of nitrogens with zero attached hydrogens (tertiary/aromatic N) is 4. The van der Waals surface area contributed by atoms with Crippen molar-refractivity contribution in [3.05, 3.63) is 24.3 Å². The Balaban J connectivity index is 2.12. The summed E-state index contributed by atoms with van der Waals surface area (Å²) in [4.78, 5) is 11.6. The van der Waals surface area contributed by atoms with Crippen LogP contribution in [0.25, 0.3) is 11.4 Å². The van der Waals surface area contributed by atoms with E-state index in [1.807, 2.05) is 31.3 Å². The number of hydrogen-bond donors (Lipinski definition) is 2. The fourth-order valence-electron chi connectivity index (χ4n) is 1.67. The third-order valence-electron chi connectivity index (χ3n) is 2.63. The molecule has 0 bridgehead atoms. The molecule has 0 saturated heterocycles. The number of amides is 1. The standard InChI is InChI=1S/C12H16N6O/c1-13-7-6-11(19)14-10-5-3-4-9(8-10)12-15-16-17-18(12)2/h3-5,8,13H,6-7H2,1-2H3,(H,14,19). The summed E-state index contributed by atoms with van der Waals surface area (Å²) < 4.78 is 1.59. The van der Waals surface area contributed by atoms with Crippen LogP contribution in [0.3, 0.4) is 0 Å².